The first kappa shape index (κ1) is 15.0. The Balaban J connectivity index is 2.10. The Bertz CT molecular complexity index is 520. The van der Waals surface area contributed by atoms with Gasteiger partial charge in [-0.25, -0.2) is 0 Å². The number of carbonyl (C=O) groups is 2. The van der Waals surface area contributed by atoms with Crippen LogP contribution in [0.4, 0.5) is 0 Å². The lowest BCUT2D eigenvalue weighted by molar-refractivity contribution is -0.167. The third-order valence-electron chi connectivity index (χ3n) is 7.33. The van der Waals surface area contributed by atoms with Crippen molar-refractivity contribution < 1.29 is 9.59 Å². The number of allylic oxidation sites excluding steroid dienone is 1. The predicted molar refractivity (Wildman–Crippen MR) is 83.8 cm³/mol. The highest BCUT2D eigenvalue weighted by atomic mass is 16.2. The molecule has 3 aliphatic rings. The first-order valence-electron chi connectivity index (χ1n) is 8.49. The maximum Gasteiger partial charge on any atom is 0.172 e. The van der Waals surface area contributed by atoms with Gasteiger partial charge in [0.2, 0.25) is 0 Å². The van der Waals surface area contributed by atoms with Crippen molar-refractivity contribution in [2.24, 2.45) is 34.5 Å². The lowest BCUT2D eigenvalue weighted by Gasteiger charge is -2.60. The van der Waals surface area contributed by atoms with Crippen molar-refractivity contribution >= 4 is 11.6 Å². The summed E-state index contributed by atoms with van der Waals surface area (Å²) in [5.74, 6) is 1.70. The molecule has 3 saturated carbocycles. The second-order valence-corrected chi connectivity index (χ2v) is 8.36. The molecule has 21 heavy (non-hydrogen) atoms. The molecule has 0 aromatic rings. The Morgan fingerprint density at radius 2 is 1.86 bits per heavy atom. The average Bonchev–Trinajstić information content (AvgIpc) is 2.43. The number of Topliss-reactive ketones (excluding diaryl/α,β-unsaturated/α-hetero) is 2. The van der Waals surface area contributed by atoms with Crippen LogP contribution in [0.5, 0.6) is 0 Å². The van der Waals surface area contributed by atoms with Gasteiger partial charge in [-0.1, -0.05) is 40.2 Å². The van der Waals surface area contributed by atoms with Crippen LogP contribution in [0.3, 0.4) is 0 Å². The Morgan fingerprint density at radius 3 is 2.52 bits per heavy atom. The van der Waals surface area contributed by atoms with Crippen LogP contribution >= 0.6 is 0 Å². The summed E-state index contributed by atoms with van der Waals surface area (Å²) in [6, 6.07) is 0. The zero-order valence-corrected chi connectivity index (χ0v) is 13.9. The van der Waals surface area contributed by atoms with Gasteiger partial charge in [0.25, 0.3) is 0 Å². The number of fused-ring (bicyclic) bond motifs is 3. The van der Waals surface area contributed by atoms with E-state index in [1.54, 1.807) is 0 Å². The van der Waals surface area contributed by atoms with Crippen LogP contribution in [0.2, 0.25) is 0 Å². The van der Waals surface area contributed by atoms with E-state index < -0.39 is 5.41 Å². The average molecular weight is 288 g/mol. The first-order valence-corrected chi connectivity index (χ1v) is 8.49. The molecule has 0 saturated heterocycles. The predicted octanol–water partition coefficient (Wildman–Crippen LogP) is 4.19. The van der Waals surface area contributed by atoms with Gasteiger partial charge in [-0.2, -0.15) is 0 Å². The lowest BCUT2D eigenvalue weighted by atomic mass is 9.42. The zero-order valence-electron chi connectivity index (χ0n) is 13.9. The quantitative estimate of drug-likeness (QED) is 0.495. The van der Waals surface area contributed by atoms with E-state index in [1.807, 2.05) is 6.92 Å². The van der Waals surface area contributed by atoms with Crippen molar-refractivity contribution in [2.45, 2.75) is 59.8 Å². The molecule has 2 nitrogen and oxygen atoms in total. The summed E-state index contributed by atoms with van der Waals surface area (Å²) in [6.45, 7) is 12.7. The second kappa shape index (κ2) is 4.54. The minimum atomic E-state index is -0.800. The monoisotopic (exact) mass is 288 g/mol. The standard InChI is InChI=1S/C19H28O2/c1-11-7-6-8-18(4)14(11)10-16(20)19(5)15(18)9-12(2)13(3)17(19)21/h11-12,14-15H,3,6-10H2,1-2,4-5H3/t11-,12-,14?,15?,18+,19+/m0/s1. The van der Waals surface area contributed by atoms with Crippen molar-refractivity contribution in [1.82, 2.24) is 0 Å². The maximum atomic E-state index is 12.9. The molecular weight excluding hydrogens is 260 g/mol. The van der Waals surface area contributed by atoms with Crippen molar-refractivity contribution in [3.8, 4) is 0 Å². The summed E-state index contributed by atoms with van der Waals surface area (Å²) < 4.78 is 0. The summed E-state index contributed by atoms with van der Waals surface area (Å²) in [7, 11) is 0. The molecule has 6 atom stereocenters. The van der Waals surface area contributed by atoms with Gasteiger partial charge in [0.1, 0.15) is 5.78 Å². The smallest absolute Gasteiger partial charge is 0.172 e. The molecule has 0 aromatic heterocycles. The molecule has 0 spiro atoms. The Kier molecular flexibility index (Phi) is 3.24. The number of rotatable bonds is 0. The highest BCUT2D eigenvalue weighted by Gasteiger charge is 2.64. The van der Waals surface area contributed by atoms with Crippen LogP contribution in [-0.2, 0) is 9.59 Å². The van der Waals surface area contributed by atoms with E-state index in [1.165, 1.54) is 19.3 Å². The van der Waals surface area contributed by atoms with Gasteiger partial charge >= 0.3 is 0 Å². The zero-order chi connectivity index (χ0) is 15.6. The lowest BCUT2D eigenvalue weighted by Crippen LogP contribution is -2.61. The van der Waals surface area contributed by atoms with Crippen LogP contribution < -0.4 is 0 Å². The van der Waals surface area contributed by atoms with Gasteiger partial charge < -0.3 is 0 Å². The molecule has 3 rings (SSSR count). The number of ketones is 2. The molecule has 3 aliphatic carbocycles. The Labute approximate surface area is 128 Å². The minimum absolute atomic E-state index is 0.0363. The highest BCUT2D eigenvalue weighted by Crippen LogP contribution is 2.63. The Morgan fingerprint density at radius 1 is 1.19 bits per heavy atom. The van der Waals surface area contributed by atoms with Crippen molar-refractivity contribution in [3.63, 3.8) is 0 Å². The molecule has 0 radical (unpaired) electrons. The topological polar surface area (TPSA) is 34.1 Å². The molecule has 2 heteroatoms. The van der Waals surface area contributed by atoms with Gasteiger partial charge in [0.05, 0.1) is 5.41 Å². The number of carbonyl (C=O) groups excluding carboxylic acids is 2. The van der Waals surface area contributed by atoms with E-state index in [9.17, 15) is 9.59 Å². The van der Waals surface area contributed by atoms with Gasteiger partial charge in [0.15, 0.2) is 5.78 Å². The molecule has 0 heterocycles. The van der Waals surface area contributed by atoms with E-state index >= 15 is 0 Å². The van der Waals surface area contributed by atoms with Crippen LogP contribution in [0.15, 0.2) is 12.2 Å². The van der Waals surface area contributed by atoms with Gasteiger partial charge in [0, 0.05) is 6.42 Å². The fraction of sp³-hybridized carbons (Fsp3) is 0.789. The van der Waals surface area contributed by atoms with Crippen LogP contribution in [0, 0.1) is 34.5 Å². The van der Waals surface area contributed by atoms with Crippen LogP contribution in [0.25, 0.3) is 0 Å². The van der Waals surface area contributed by atoms with E-state index in [0.717, 1.165) is 6.42 Å². The summed E-state index contributed by atoms with van der Waals surface area (Å²) in [4.78, 5) is 25.8. The van der Waals surface area contributed by atoms with Crippen molar-refractivity contribution in [2.75, 3.05) is 0 Å². The maximum absolute atomic E-state index is 12.9. The van der Waals surface area contributed by atoms with Gasteiger partial charge in [-0.15, -0.1) is 0 Å². The van der Waals surface area contributed by atoms with E-state index in [2.05, 4.69) is 27.4 Å². The van der Waals surface area contributed by atoms with E-state index in [-0.39, 0.29) is 28.8 Å². The molecule has 116 valence electrons. The summed E-state index contributed by atoms with van der Waals surface area (Å²) in [5.41, 5.74) is 0.0182. The summed E-state index contributed by atoms with van der Waals surface area (Å²) in [6.07, 6.45) is 5.18. The summed E-state index contributed by atoms with van der Waals surface area (Å²) in [5, 5.41) is 0. The van der Waals surface area contributed by atoms with Gasteiger partial charge in [-0.3, -0.25) is 9.59 Å². The largest absolute Gasteiger partial charge is 0.299 e. The fourth-order valence-electron chi connectivity index (χ4n) is 5.82. The van der Waals surface area contributed by atoms with E-state index in [0.29, 0.717) is 23.8 Å². The van der Waals surface area contributed by atoms with E-state index in [4.69, 9.17) is 0 Å². The normalized spacial score (nSPS) is 50.6. The van der Waals surface area contributed by atoms with Gasteiger partial charge in [-0.05, 0) is 54.4 Å². The first-order chi connectivity index (χ1) is 9.72. The highest BCUT2D eigenvalue weighted by molar-refractivity contribution is 6.15. The molecule has 0 aromatic carbocycles. The SMILES string of the molecule is C=C1C(=O)[C@@]2(C)C(=O)CC3[C@@H](C)CCC[C@@]3(C)C2C[C@@H]1C. The van der Waals surface area contributed by atoms with Crippen molar-refractivity contribution in [1.29, 1.82) is 0 Å². The summed E-state index contributed by atoms with van der Waals surface area (Å²) >= 11 is 0. The molecule has 3 fully saturated rings. The molecule has 0 amide bonds. The fourth-order valence-corrected chi connectivity index (χ4v) is 5.82. The third-order valence-corrected chi connectivity index (χ3v) is 7.33. The third kappa shape index (κ3) is 1.77. The van der Waals surface area contributed by atoms with Crippen LogP contribution in [0.1, 0.15) is 59.8 Å². The van der Waals surface area contributed by atoms with Crippen molar-refractivity contribution in [3.05, 3.63) is 12.2 Å². The molecule has 2 unspecified atom stereocenters. The van der Waals surface area contributed by atoms with Crippen LogP contribution in [-0.4, -0.2) is 11.6 Å². The molecular formula is C19H28O2. The Hall–Kier alpha value is -0.920. The minimum Gasteiger partial charge on any atom is -0.299 e. The second-order valence-electron chi connectivity index (χ2n) is 8.36. The molecule has 0 aliphatic heterocycles. The molecule has 0 bridgehead atoms. The number of hydrogen-bond donors (Lipinski definition) is 0. The number of hydrogen-bond acceptors (Lipinski definition) is 2. The molecule has 0 N–H and O–H groups in total.